The molecular weight excluding hydrogens is 358 g/mol. The molecule has 8 nitrogen and oxygen atoms in total. The van der Waals surface area contributed by atoms with Crippen LogP contribution in [0.15, 0.2) is 41.6 Å². The Morgan fingerprint density at radius 3 is 2.86 bits per heavy atom. The third kappa shape index (κ3) is 3.59. The van der Waals surface area contributed by atoms with Gasteiger partial charge in [-0.25, -0.2) is 9.97 Å². The van der Waals surface area contributed by atoms with Crippen molar-refractivity contribution in [2.45, 2.75) is 19.5 Å². The van der Waals surface area contributed by atoms with Gasteiger partial charge in [0.25, 0.3) is 5.56 Å². The molecule has 28 heavy (non-hydrogen) atoms. The number of aromatic amines is 1. The molecule has 4 rings (SSSR count). The van der Waals surface area contributed by atoms with E-state index in [1.54, 1.807) is 32.8 Å². The van der Waals surface area contributed by atoms with Gasteiger partial charge in [-0.1, -0.05) is 0 Å². The summed E-state index contributed by atoms with van der Waals surface area (Å²) in [7, 11) is 3.30. The monoisotopic (exact) mass is 379 g/mol. The first-order valence-electron chi connectivity index (χ1n) is 8.99. The molecule has 1 aliphatic rings. The third-order valence-corrected chi connectivity index (χ3v) is 4.84. The van der Waals surface area contributed by atoms with Crippen LogP contribution in [0.2, 0.25) is 0 Å². The molecule has 144 valence electrons. The summed E-state index contributed by atoms with van der Waals surface area (Å²) in [6, 6.07) is 5.76. The fourth-order valence-corrected chi connectivity index (χ4v) is 3.42. The zero-order valence-corrected chi connectivity index (χ0v) is 15.8. The van der Waals surface area contributed by atoms with Crippen LogP contribution in [0.25, 0.3) is 11.5 Å². The summed E-state index contributed by atoms with van der Waals surface area (Å²) in [5.41, 5.74) is 2.99. The number of hydrogen-bond acceptors (Lipinski definition) is 7. The Hall–Kier alpha value is -3.26. The highest BCUT2D eigenvalue weighted by atomic mass is 16.5. The van der Waals surface area contributed by atoms with Crippen LogP contribution in [0.5, 0.6) is 11.5 Å². The van der Waals surface area contributed by atoms with Gasteiger partial charge in [-0.2, -0.15) is 0 Å². The predicted molar refractivity (Wildman–Crippen MR) is 103 cm³/mol. The highest BCUT2D eigenvalue weighted by Gasteiger charge is 2.22. The first-order valence-corrected chi connectivity index (χ1v) is 8.99. The molecule has 0 spiro atoms. The van der Waals surface area contributed by atoms with Crippen molar-refractivity contribution >= 4 is 0 Å². The van der Waals surface area contributed by atoms with Crippen LogP contribution in [0.3, 0.4) is 0 Å². The second-order valence-corrected chi connectivity index (χ2v) is 6.57. The summed E-state index contributed by atoms with van der Waals surface area (Å²) in [5, 5.41) is 0. The van der Waals surface area contributed by atoms with E-state index in [4.69, 9.17) is 9.47 Å². The third-order valence-electron chi connectivity index (χ3n) is 4.84. The number of benzene rings is 1. The maximum atomic E-state index is 12.5. The number of fused-ring (bicyclic) bond motifs is 1. The topological polar surface area (TPSA) is 93.2 Å². The van der Waals surface area contributed by atoms with Crippen molar-refractivity contribution in [1.82, 2.24) is 24.8 Å². The Morgan fingerprint density at radius 2 is 2.11 bits per heavy atom. The highest BCUT2D eigenvalue weighted by Crippen LogP contribution is 2.27. The van der Waals surface area contributed by atoms with E-state index in [2.05, 4.69) is 24.8 Å². The predicted octanol–water partition coefficient (Wildman–Crippen LogP) is 1.80. The lowest BCUT2D eigenvalue weighted by atomic mass is 10.0. The van der Waals surface area contributed by atoms with Gasteiger partial charge in [0.05, 0.1) is 26.1 Å². The first kappa shape index (κ1) is 18.1. The van der Waals surface area contributed by atoms with Gasteiger partial charge in [0.1, 0.15) is 17.2 Å². The largest absolute Gasteiger partial charge is 0.497 e. The Kier molecular flexibility index (Phi) is 5.03. The van der Waals surface area contributed by atoms with E-state index in [9.17, 15) is 4.79 Å². The van der Waals surface area contributed by atoms with Gasteiger partial charge in [-0.05, 0) is 24.6 Å². The van der Waals surface area contributed by atoms with Crippen molar-refractivity contribution in [1.29, 1.82) is 0 Å². The van der Waals surface area contributed by atoms with Crippen LogP contribution in [0.4, 0.5) is 0 Å². The minimum Gasteiger partial charge on any atom is -0.497 e. The van der Waals surface area contributed by atoms with Gasteiger partial charge in [-0.3, -0.25) is 14.7 Å². The molecule has 1 aromatic carbocycles. The molecule has 0 saturated heterocycles. The molecule has 8 heteroatoms. The number of aromatic nitrogens is 4. The number of nitrogens with one attached hydrogen (secondary N) is 1. The van der Waals surface area contributed by atoms with Crippen LogP contribution in [-0.2, 0) is 19.5 Å². The van der Waals surface area contributed by atoms with E-state index < -0.39 is 0 Å². The van der Waals surface area contributed by atoms with Crippen LogP contribution in [-0.4, -0.2) is 45.6 Å². The van der Waals surface area contributed by atoms with Crippen molar-refractivity contribution in [3.63, 3.8) is 0 Å². The van der Waals surface area contributed by atoms with Crippen molar-refractivity contribution in [2.75, 3.05) is 20.8 Å². The zero-order chi connectivity index (χ0) is 19.5. The summed E-state index contributed by atoms with van der Waals surface area (Å²) in [6.07, 6.45) is 5.40. The number of rotatable bonds is 5. The minimum absolute atomic E-state index is 0.107. The lowest BCUT2D eigenvalue weighted by Gasteiger charge is -2.28. The van der Waals surface area contributed by atoms with Crippen LogP contribution < -0.4 is 15.0 Å². The van der Waals surface area contributed by atoms with E-state index in [1.807, 2.05) is 18.2 Å². The van der Waals surface area contributed by atoms with E-state index in [0.717, 1.165) is 34.9 Å². The van der Waals surface area contributed by atoms with Crippen LogP contribution in [0.1, 0.15) is 16.8 Å². The van der Waals surface area contributed by atoms with Gasteiger partial charge < -0.3 is 14.5 Å². The molecule has 3 heterocycles. The average molecular weight is 379 g/mol. The van der Waals surface area contributed by atoms with E-state index in [0.29, 0.717) is 31.0 Å². The molecule has 3 aromatic rings. The van der Waals surface area contributed by atoms with Crippen molar-refractivity contribution in [2.24, 2.45) is 0 Å². The van der Waals surface area contributed by atoms with Crippen LogP contribution in [0, 0.1) is 0 Å². The van der Waals surface area contributed by atoms with Crippen molar-refractivity contribution in [3.8, 4) is 23.0 Å². The zero-order valence-electron chi connectivity index (χ0n) is 15.8. The Bertz CT molecular complexity index is 1040. The molecule has 1 aliphatic heterocycles. The number of nitrogens with zero attached hydrogens (tertiary/aromatic N) is 4. The molecule has 2 aromatic heterocycles. The average Bonchev–Trinajstić information content (AvgIpc) is 2.74. The van der Waals surface area contributed by atoms with Gasteiger partial charge >= 0.3 is 0 Å². The quantitative estimate of drug-likeness (QED) is 0.722. The maximum absolute atomic E-state index is 12.5. The molecule has 0 saturated carbocycles. The summed E-state index contributed by atoms with van der Waals surface area (Å²) in [5.74, 6) is 2.04. The second kappa shape index (κ2) is 7.77. The van der Waals surface area contributed by atoms with E-state index in [-0.39, 0.29) is 5.56 Å². The van der Waals surface area contributed by atoms with E-state index >= 15 is 0 Å². The smallest absolute Gasteiger partial charge is 0.254 e. The summed E-state index contributed by atoms with van der Waals surface area (Å²) in [4.78, 5) is 30.5. The summed E-state index contributed by atoms with van der Waals surface area (Å²) in [6.45, 7) is 2.02. The molecule has 1 N–H and O–H groups in total. The molecule has 0 unspecified atom stereocenters. The number of methoxy groups -OCH3 is 2. The number of ether oxygens (including phenoxy) is 2. The van der Waals surface area contributed by atoms with Crippen LogP contribution >= 0.6 is 0 Å². The fourth-order valence-electron chi connectivity index (χ4n) is 3.42. The molecule has 0 fully saturated rings. The molecule has 0 amide bonds. The minimum atomic E-state index is -0.107. The van der Waals surface area contributed by atoms with Gasteiger partial charge in [0.15, 0.2) is 5.82 Å². The molecular formula is C20H21N5O3. The van der Waals surface area contributed by atoms with Crippen molar-refractivity contribution in [3.05, 3.63) is 64.0 Å². The molecule has 0 bridgehead atoms. The Balaban J connectivity index is 1.61. The standard InChI is InChI=1S/C20H21N5O3/c1-27-14-3-4-18(28-2)13(9-14)11-25-8-5-15-17(12-25)23-19(24-20(15)26)16-10-21-6-7-22-16/h3-4,6-7,9-10H,5,8,11-12H2,1-2H3,(H,23,24,26). The normalized spacial score (nSPS) is 13.8. The van der Waals surface area contributed by atoms with E-state index in [1.165, 1.54) is 0 Å². The fraction of sp³-hybridized carbons (Fsp3) is 0.300. The van der Waals surface area contributed by atoms with Gasteiger partial charge in [-0.15, -0.1) is 0 Å². The summed E-state index contributed by atoms with van der Waals surface area (Å²) < 4.78 is 10.8. The van der Waals surface area contributed by atoms with Gasteiger partial charge in [0, 0.05) is 43.2 Å². The number of H-pyrrole nitrogens is 1. The first-order chi connectivity index (χ1) is 13.7. The maximum Gasteiger partial charge on any atom is 0.254 e. The summed E-state index contributed by atoms with van der Waals surface area (Å²) >= 11 is 0. The second-order valence-electron chi connectivity index (χ2n) is 6.57. The Morgan fingerprint density at radius 1 is 1.21 bits per heavy atom. The number of hydrogen-bond donors (Lipinski definition) is 1. The highest BCUT2D eigenvalue weighted by molar-refractivity contribution is 5.47. The molecule has 0 atom stereocenters. The lowest BCUT2D eigenvalue weighted by molar-refractivity contribution is 0.236. The SMILES string of the molecule is COc1ccc(OC)c(CN2CCc3c(nc(-c4cnccn4)[nH]c3=O)C2)c1. The molecule has 0 radical (unpaired) electrons. The molecule has 0 aliphatic carbocycles. The van der Waals surface area contributed by atoms with Crippen molar-refractivity contribution < 1.29 is 9.47 Å². The van der Waals surface area contributed by atoms with Gasteiger partial charge in [0.2, 0.25) is 0 Å². The Labute approximate surface area is 162 Å². The lowest BCUT2D eigenvalue weighted by Crippen LogP contribution is -2.35.